The molecule has 1 N–H and O–H groups in total. The van der Waals surface area contributed by atoms with Crippen molar-refractivity contribution >= 4 is 34.7 Å². The Morgan fingerprint density at radius 1 is 1.09 bits per heavy atom. The first-order chi connectivity index (χ1) is 16.0. The number of hydrogen-bond acceptors (Lipinski definition) is 6. The van der Waals surface area contributed by atoms with E-state index in [1.807, 2.05) is 0 Å². The Morgan fingerprint density at radius 3 is 2.76 bits per heavy atom. The molecule has 0 atom stereocenters. The molecule has 0 radical (unpaired) electrons. The first-order valence-electron chi connectivity index (χ1n) is 10.3. The fraction of sp³-hybridized carbons (Fsp3) is 0.174. The largest absolute Gasteiger partial charge is 0.453 e. The molecule has 5 rings (SSSR count). The molecule has 3 aromatic heterocycles. The lowest BCUT2D eigenvalue weighted by atomic mass is 10.0. The maximum absolute atomic E-state index is 13.6. The van der Waals surface area contributed by atoms with E-state index >= 15 is 0 Å². The van der Waals surface area contributed by atoms with Crippen molar-refractivity contribution in [1.29, 1.82) is 0 Å². The summed E-state index contributed by atoms with van der Waals surface area (Å²) in [6.45, 7) is 0.549. The van der Waals surface area contributed by atoms with Gasteiger partial charge in [0.15, 0.2) is 5.65 Å². The summed E-state index contributed by atoms with van der Waals surface area (Å²) in [7, 11) is 1.27. The Morgan fingerprint density at radius 2 is 1.97 bits per heavy atom. The second-order valence-electron chi connectivity index (χ2n) is 7.53. The van der Waals surface area contributed by atoms with Gasteiger partial charge in [-0.3, -0.25) is 14.7 Å². The van der Waals surface area contributed by atoms with Crippen LogP contribution < -0.4 is 10.2 Å². The number of halogens is 1. The molecule has 1 aliphatic heterocycles. The predicted octanol–water partition coefficient (Wildman–Crippen LogP) is 3.73. The first kappa shape index (κ1) is 20.6. The van der Waals surface area contributed by atoms with Gasteiger partial charge in [0.1, 0.15) is 18.0 Å². The average Bonchev–Trinajstić information content (AvgIpc) is 3.26. The van der Waals surface area contributed by atoms with E-state index in [0.717, 1.165) is 24.1 Å². The Hall–Kier alpha value is -4.34. The number of nitrogens with one attached hydrogen (secondary N) is 1. The third-order valence-electron chi connectivity index (χ3n) is 5.50. The summed E-state index contributed by atoms with van der Waals surface area (Å²) in [5.74, 6) is -0.180. The number of hydrogen-bond donors (Lipinski definition) is 1. The number of ether oxygens (including phenoxy) is 1. The number of methoxy groups -OCH3 is 1. The maximum Gasteiger partial charge on any atom is 0.412 e. The van der Waals surface area contributed by atoms with Crippen LogP contribution in [0.1, 0.15) is 22.3 Å². The minimum Gasteiger partial charge on any atom is -0.453 e. The standard InChI is InChI=1S/C23H19FN6O3/c1-33-23(32)28-20-7-5-17(12-25-20)30-13-27-21-19(30)10-15(11-26-21)22(31)29-8-2-3-14-9-16(24)4-6-18(14)29/h4-7,9-13H,2-3,8H2,1H3,(H,25,28,32). The number of fused-ring (bicyclic) bond motifs is 2. The molecule has 1 aromatic carbocycles. The lowest BCUT2D eigenvalue weighted by Crippen LogP contribution is -2.35. The lowest BCUT2D eigenvalue weighted by molar-refractivity contribution is 0.0984. The minimum absolute atomic E-state index is 0.208. The molecule has 0 spiro atoms. The van der Waals surface area contributed by atoms with E-state index in [1.54, 1.807) is 46.3 Å². The van der Waals surface area contributed by atoms with Crippen molar-refractivity contribution in [2.75, 3.05) is 23.9 Å². The molecule has 0 fully saturated rings. The molecule has 10 heteroatoms. The molecule has 166 valence electrons. The average molecular weight is 446 g/mol. The minimum atomic E-state index is -0.613. The maximum atomic E-state index is 13.6. The Kier molecular flexibility index (Phi) is 5.17. The number of carbonyl (C=O) groups excluding carboxylic acids is 2. The number of benzene rings is 1. The van der Waals surface area contributed by atoms with E-state index in [-0.39, 0.29) is 11.7 Å². The van der Waals surface area contributed by atoms with Crippen molar-refractivity contribution in [2.24, 2.45) is 0 Å². The fourth-order valence-corrected chi connectivity index (χ4v) is 3.91. The first-order valence-corrected chi connectivity index (χ1v) is 10.3. The second kappa shape index (κ2) is 8.30. The molecule has 2 amide bonds. The van der Waals surface area contributed by atoms with Crippen LogP contribution in [-0.2, 0) is 11.2 Å². The van der Waals surface area contributed by atoms with Gasteiger partial charge < -0.3 is 9.64 Å². The molecule has 4 heterocycles. The zero-order chi connectivity index (χ0) is 22.9. The van der Waals surface area contributed by atoms with Gasteiger partial charge in [-0.2, -0.15) is 0 Å². The zero-order valence-electron chi connectivity index (χ0n) is 17.7. The van der Waals surface area contributed by atoms with Crippen molar-refractivity contribution < 1.29 is 18.7 Å². The normalized spacial score (nSPS) is 13.0. The van der Waals surface area contributed by atoms with Crippen molar-refractivity contribution in [1.82, 2.24) is 19.5 Å². The summed E-state index contributed by atoms with van der Waals surface area (Å²) in [6.07, 6.45) is 5.53. The molecule has 1 aliphatic rings. The Bertz CT molecular complexity index is 1370. The topological polar surface area (TPSA) is 102 Å². The number of carbonyl (C=O) groups is 2. The van der Waals surface area contributed by atoms with Gasteiger partial charge in [-0.15, -0.1) is 0 Å². The summed E-state index contributed by atoms with van der Waals surface area (Å²) in [5.41, 5.74) is 3.73. The van der Waals surface area contributed by atoms with Gasteiger partial charge in [0.2, 0.25) is 0 Å². The molecule has 4 aromatic rings. The van der Waals surface area contributed by atoms with Gasteiger partial charge in [-0.25, -0.2) is 24.1 Å². The summed E-state index contributed by atoms with van der Waals surface area (Å²) in [4.78, 5) is 39.2. The number of rotatable bonds is 3. The van der Waals surface area contributed by atoms with Gasteiger partial charge in [-0.05, 0) is 54.8 Å². The smallest absolute Gasteiger partial charge is 0.412 e. The van der Waals surface area contributed by atoms with Crippen LogP contribution in [-0.4, -0.2) is 45.2 Å². The van der Waals surface area contributed by atoms with Gasteiger partial charge in [-0.1, -0.05) is 0 Å². The number of amides is 2. The van der Waals surface area contributed by atoms with Crippen LogP contribution in [0, 0.1) is 5.82 Å². The second-order valence-corrected chi connectivity index (χ2v) is 7.53. The Balaban J connectivity index is 1.47. The number of pyridine rings is 2. The quantitative estimate of drug-likeness (QED) is 0.515. The van der Waals surface area contributed by atoms with E-state index in [4.69, 9.17) is 0 Å². The summed E-state index contributed by atoms with van der Waals surface area (Å²) in [6, 6.07) is 9.61. The predicted molar refractivity (Wildman–Crippen MR) is 119 cm³/mol. The summed E-state index contributed by atoms with van der Waals surface area (Å²) >= 11 is 0. The third kappa shape index (κ3) is 3.86. The summed E-state index contributed by atoms with van der Waals surface area (Å²) in [5, 5.41) is 2.49. The van der Waals surface area contributed by atoms with Crippen LogP contribution in [0.25, 0.3) is 16.9 Å². The number of aromatic nitrogens is 4. The SMILES string of the molecule is COC(=O)Nc1ccc(-n2cnc3ncc(C(=O)N4CCCc5cc(F)ccc54)cc32)cn1. The highest BCUT2D eigenvalue weighted by molar-refractivity contribution is 6.07. The van der Waals surface area contributed by atoms with Crippen LogP contribution in [0.2, 0.25) is 0 Å². The van der Waals surface area contributed by atoms with Crippen molar-refractivity contribution in [3.63, 3.8) is 0 Å². The van der Waals surface area contributed by atoms with E-state index in [2.05, 4.69) is 25.0 Å². The molecule has 33 heavy (non-hydrogen) atoms. The van der Waals surface area contributed by atoms with Crippen LogP contribution >= 0.6 is 0 Å². The van der Waals surface area contributed by atoms with Crippen molar-refractivity contribution in [3.05, 3.63) is 72.1 Å². The summed E-state index contributed by atoms with van der Waals surface area (Å²) < 4.78 is 20.0. The van der Waals surface area contributed by atoms with Crippen LogP contribution in [0.15, 0.2) is 55.1 Å². The highest BCUT2D eigenvalue weighted by Crippen LogP contribution is 2.29. The van der Waals surface area contributed by atoms with Crippen molar-refractivity contribution in [2.45, 2.75) is 12.8 Å². The number of anilines is 2. The van der Waals surface area contributed by atoms with Gasteiger partial charge in [0.05, 0.1) is 30.1 Å². The third-order valence-corrected chi connectivity index (χ3v) is 5.50. The molecule has 0 saturated heterocycles. The van der Waals surface area contributed by atoms with E-state index < -0.39 is 6.09 Å². The van der Waals surface area contributed by atoms with Crippen LogP contribution in [0.5, 0.6) is 0 Å². The number of nitrogens with zero attached hydrogens (tertiary/aromatic N) is 5. The molecule has 9 nitrogen and oxygen atoms in total. The molecular weight excluding hydrogens is 427 g/mol. The van der Waals surface area contributed by atoms with E-state index in [1.165, 1.54) is 25.4 Å². The highest BCUT2D eigenvalue weighted by Gasteiger charge is 2.25. The van der Waals surface area contributed by atoms with Gasteiger partial charge >= 0.3 is 6.09 Å². The lowest BCUT2D eigenvalue weighted by Gasteiger charge is -2.29. The fourth-order valence-electron chi connectivity index (χ4n) is 3.91. The number of imidazole rings is 1. The monoisotopic (exact) mass is 446 g/mol. The van der Waals surface area contributed by atoms with Crippen LogP contribution in [0.4, 0.5) is 20.7 Å². The zero-order valence-corrected chi connectivity index (χ0v) is 17.7. The Labute approximate surface area is 187 Å². The molecule has 0 unspecified atom stereocenters. The molecular formula is C23H19FN6O3. The van der Waals surface area contributed by atoms with Crippen molar-refractivity contribution in [3.8, 4) is 5.69 Å². The van der Waals surface area contributed by atoms with Gasteiger partial charge in [0, 0.05) is 18.4 Å². The van der Waals surface area contributed by atoms with Crippen LogP contribution in [0.3, 0.4) is 0 Å². The highest BCUT2D eigenvalue weighted by atomic mass is 19.1. The van der Waals surface area contributed by atoms with E-state index in [9.17, 15) is 14.0 Å². The van der Waals surface area contributed by atoms with Gasteiger partial charge in [0.25, 0.3) is 5.91 Å². The van der Waals surface area contributed by atoms with E-state index in [0.29, 0.717) is 34.8 Å². The molecule has 0 aliphatic carbocycles. The molecule has 0 saturated carbocycles. The molecule has 0 bridgehead atoms. The number of aryl methyl sites for hydroxylation is 1.